The molecule has 1 heterocycles. The molecule has 0 saturated heterocycles. The quantitative estimate of drug-likeness (QED) is 0.428. The lowest BCUT2D eigenvalue weighted by Gasteiger charge is -2.11. The first kappa shape index (κ1) is 20.2. The van der Waals surface area contributed by atoms with Crippen LogP contribution in [0.2, 0.25) is 0 Å². The van der Waals surface area contributed by atoms with Gasteiger partial charge in [0.15, 0.2) is 5.16 Å². The number of rotatable bonds is 8. The molecule has 0 spiro atoms. The summed E-state index contributed by atoms with van der Waals surface area (Å²) in [5.74, 6) is 0.893. The van der Waals surface area contributed by atoms with Gasteiger partial charge in [0, 0.05) is 35.9 Å². The molecule has 1 N–H and O–H groups in total. The maximum Gasteiger partial charge on any atom is 0.222 e. The van der Waals surface area contributed by atoms with Gasteiger partial charge in [0.2, 0.25) is 5.91 Å². The van der Waals surface area contributed by atoms with E-state index in [1.54, 1.807) is 11.8 Å². The van der Waals surface area contributed by atoms with E-state index in [2.05, 4.69) is 53.2 Å². The zero-order valence-corrected chi connectivity index (χ0v) is 17.5. The monoisotopic (exact) mass is 393 g/mol. The van der Waals surface area contributed by atoms with Crippen molar-refractivity contribution in [2.24, 2.45) is 5.92 Å². The van der Waals surface area contributed by atoms with Gasteiger partial charge in [-0.3, -0.25) is 4.79 Å². The summed E-state index contributed by atoms with van der Waals surface area (Å²) in [5, 5.41) is 3.96. The molecule has 0 aliphatic rings. The maximum absolute atomic E-state index is 11.8. The Labute approximate surface area is 171 Å². The Bertz CT molecular complexity index is 904. The molecule has 146 valence electrons. The van der Waals surface area contributed by atoms with Gasteiger partial charge in [-0.1, -0.05) is 86.3 Å². The summed E-state index contributed by atoms with van der Waals surface area (Å²) in [4.78, 5) is 16.8. The van der Waals surface area contributed by atoms with E-state index < -0.39 is 0 Å². The second-order valence-electron chi connectivity index (χ2n) is 6.86. The van der Waals surface area contributed by atoms with Gasteiger partial charge < -0.3 is 9.88 Å². The molecule has 0 unspecified atom stereocenters. The number of carbonyl (C=O) groups excluding carboxylic acids is 1. The Morgan fingerprint density at radius 3 is 2.21 bits per heavy atom. The lowest BCUT2D eigenvalue weighted by molar-refractivity contribution is -0.123. The predicted molar refractivity (Wildman–Crippen MR) is 117 cm³/mol. The number of nitrogens with zero attached hydrogens (tertiary/aromatic N) is 2. The van der Waals surface area contributed by atoms with Crippen molar-refractivity contribution in [1.82, 2.24) is 14.9 Å². The zero-order chi connectivity index (χ0) is 19.9. The minimum atomic E-state index is 0.0111. The lowest BCUT2D eigenvalue weighted by atomic mass is 10.0. The van der Waals surface area contributed by atoms with Crippen molar-refractivity contribution in [3.05, 3.63) is 60.7 Å². The summed E-state index contributed by atoms with van der Waals surface area (Å²) >= 11 is 1.69. The van der Waals surface area contributed by atoms with Gasteiger partial charge in [-0.2, -0.15) is 0 Å². The number of hydrogen-bond donors (Lipinski definition) is 1. The summed E-state index contributed by atoms with van der Waals surface area (Å²) in [6, 6.07) is 20.7. The molecule has 3 rings (SSSR count). The van der Waals surface area contributed by atoms with Crippen LogP contribution in [0.4, 0.5) is 0 Å². The second-order valence-corrected chi connectivity index (χ2v) is 7.92. The fourth-order valence-electron chi connectivity index (χ4n) is 3.04. The van der Waals surface area contributed by atoms with Gasteiger partial charge in [0.25, 0.3) is 0 Å². The third-order valence-corrected chi connectivity index (χ3v) is 5.48. The molecular formula is C23H27N3OS. The largest absolute Gasteiger partial charge is 0.355 e. The van der Waals surface area contributed by atoms with E-state index in [0.29, 0.717) is 6.54 Å². The molecule has 0 radical (unpaired) electrons. The van der Waals surface area contributed by atoms with Gasteiger partial charge in [0.1, 0.15) is 0 Å². The molecule has 0 atom stereocenters. The van der Waals surface area contributed by atoms with Crippen LogP contribution in [-0.4, -0.2) is 27.8 Å². The van der Waals surface area contributed by atoms with Gasteiger partial charge in [-0.15, -0.1) is 0 Å². The number of benzene rings is 2. The van der Waals surface area contributed by atoms with Crippen molar-refractivity contribution in [3.63, 3.8) is 0 Å². The molecule has 0 aliphatic carbocycles. The van der Waals surface area contributed by atoms with E-state index in [4.69, 9.17) is 4.98 Å². The maximum atomic E-state index is 11.8. The second kappa shape index (κ2) is 9.60. The van der Waals surface area contributed by atoms with E-state index in [0.717, 1.165) is 40.0 Å². The number of nitrogens with one attached hydrogen (secondary N) is 1. The minimum absolute atomic E-state index is 0.0111. The SMILES string of the molecule is CCn1c(SCCNC(=O)C(C)C)nc(-c2ccccc2)c1-c1ccccc1. The van der Waals surface area contributed by atoms with Crippen LogP contribution < -0.4 is 5.32 Å². The Balaban J connectivity index is 1.91. The van der Waals surface area contributed by atoms with E-state index in [9.17, 15) is 4.79 Å². The van der Waals surface area contributed by atoms with Crippen LogP contribution in [0, 0.1) is 5.92 Å². The summed E-state index contributed by atoms with van der Waals surface area (Å²) in [5.41, 5.74) is 4.42. The number of hydrogen-bond acceptors (Lipinski definition) is 3. The fourth-order valence-corrected chi connectivity index (χ4v) is 3.96. The lowest BCUT2D eigenvalue weighted by Crippen LogP contribution is -2.29. The van der Waals surface area contributed by atoms with Crippen molar-refractivity contribution in [3.8, 4) is 22.5 Å². The van der Waals surface area contributed by atoms with Gasteiger partial charge in [-0.25, -0.2) is 4.98 Å². The van der Waals surface area contributed by atoms with Crippen molar-refractivity contribution in [2.75, 3.05) is 12.3 Å². The molecule has 0 saturated carbocycles. The summed E-state index contributed by atoms with van der Waals surface area (Å²) < 4.78 is 2.27. The van der Waals surface area contributed by atoms with E-state index in [-0.39, 0.29) is 11.8 Å². The highest BCUT2D eigenvalue weighted by Crippen LogP contribution is 2.35. The van der Waals surface area contributed by atoms with Crippen LogP contribution in [0.25, 0.3) is 22.5 Å². The van der Waals surface area contributed by atoms with Crippen LogP contribution in [0.3, 0.4) is 0 Å². The van der Waals surface area contributed by atoms with Gasteiger partial charge >= 0.3 is 0 Å². The molecule has 2 aromatic carbocycles. The first-order valence-corrected chi connectivity index (χ1v) is 10.7. The predicted octanol–water partition coefficient (Wildman–Crippen LogP) is 5.10. The smallest absolute Gasteiger partial charge is 0.222 e. The van der Waals surface area contributed by atoms with E-state index >= 15 is 0 Å². The molecular weight excluding hydrogens is 366 g/mol. The highest BCUT2D eigenvalue weighted by Gasteiger charge is 2.19. The fraction of sp³-hybridized carbons (Fsp3) is 0.304. The Morgan fingerprint density at radius 2 is 1.64 bits per heavy atom. The summed E-state index contributed by atoms with van der Waals surface area (Å²) in [7, 11) is 0. The third-order valence-electron chi connectivity index (χ3n) is 4.50. The standard InChI is InChI=1S/C23H27N3OS/c1-4-26-21(19-13-9-6-10-14-19)20(18-11-7-5-8-12-18)25-23(26)28-16-15-24-22(27)17(2)3/h5-14,17H,4,15-16H2,1-3H3,(H,24,27). The molecule has 28 heavy (non-hydrogen) atoms. The zero-order valence-electron chi connectivity index (χ0n) is 16.7. The van der Waals surface area contributed by atoms with Crippen LogP contribution >= 0.6 is 11.8 Å². The van der Waals surface area contributed by atoms with Crippen molar-refractivity contribution < 1.29 is 4.79 Å². The topological polar surface area (TPSA) is 46.9 Å². The number of imidazole rings is 1. The Kier molecular flexibility index (Phi) is 6.93. The summed E-state index contributed by atoms with van der Waals surface area (Å²) in [6.45, 7) is 7.44. The Morgan fingerprint density at radius 1 is 1.04 bits per heavy atom. The van der Waals surface area contributed by atoms with Crippen LogP contribution in [0.5, 0.6) is 0 Å². The average molecular weight is 394 g/mol. The highest BCUT2D eigenvalue weighted by molar-refractivity contribution is 7.99. The van der Waals surface area contributed by atoms with Gasteiger partial charge in [0.05, 0.1) is 11.4 Å². The molecule has 0 fully saturated rings. The number of carbonyl (C=O) groups is 1. The molecule has 1 amide bonds. The van der Waals surface area contributed by atoms with Crippen molar-refractivity contribution >= 4 is 17.7 Å². The number of aromatic nitrogens is 2. The van der Waals surface area contributed by atoms with Crippen molar-refractivity contribution in [2.45, 2.75) is 32.5 Å². The molecule has 0 aliphatic heterocycles. The molecule has 1 aromatic heterocycles. The number of thioether (sulfide) groups is 1. The molecule has 0 bridgehead atoms. The van der Waals surface area contributed by atoms with Crippen molar-refractivity contribution in [1.29, 1.82) is 0 Å². The molecule has 4 nitrogen and oxygen atoms in total. The normalized spacial score (nSPS) is 11.0. The van der Waals surface area contributed by atoms with E-state index in [1.807, 2.05) is 38.1 Å². The third kappa shape index (κ3) is 4.65. The first-order chi connectivity index (χ1) is 13.6. The first-order valence-electron chi connectivity index (χ1n) is 9.73. The minimum Gasteiger partial charge on any atom is -0.355 e. The van der Waals surface area contributed by atoms with E-state index in [1.165, 1.54) is 0 Å². The molecule has 3 aromatic rings. The van der Waals surface area contributed by atoms with Gasteiger partial charge in [-0.05, 0) is 6.92 Å². The molecule has 5 heteroatoms. The van der Waals surface area contributed by atoms with Crippen LogP contribution in [-0.2, 0) is 11.3 Å². The Hall–Kier alpha value is -2.53. The van der Waals surface area contributed by atoms with Crippen LogP contribution in [0.15, 0.2) is 65.8 Å². The van der Waals surface area contributed by atoms with Crippen LogP contribution in [0.1, 0.15) is 20.8 Å². The average Bonchev–Trinajstić information content (AvgIpc) is 3.10. The number of amides is 1. The highest BCUT2D eigenvalue weighted by atomic mass is 32.2. The summed E-state index contributed by atoms with van der Waals surface area (Å²) in [6.07, 6.45) is 0.